The number of aryl methyl sites for hydroxylation is 2. The molecule has 10 nitrogen and oxygen atoms in total. The normalized spacial score (nSPS) is 13.3. The summed E-state index contributed by atoms with van der Waals surface area (Å²) in [6.07, 6.45) is 0.575. The molecular formula is C21H19N5O5S. The van der Waals surface area contributed by atoms with E-state index in [9.17, 15) is 13.2 Å². The maximum Gasteiger partial charge on any atom is 0.265 e. The molecule has 0 unspecified atom stereocenters. The lowest BCUT2D eigenvalue weighted by atomic mass is 10.1. The minimum Gasteiger partial charge on any atom is -0.482 e. The number of nitrogens with one attached hydrogen (secondary N) is 1. The Hall–Kier alpha value is -3.91. The molecule has 3 aromatic rings. The summed E-state index contributed by atoms with van der Waals surface area (Å²) in [5.41, 5.74) is 1.44. The number of benzene rings is 2. The van der Waals surface area contributed by atoms with Crippen LogP contribution in [0.25, 0.3) is 0 Å². The summed E-state index contributed by atoms with van der Waals surface area (Å²) < 4.78 is 39.1. The van der Waals surface area contributed by atoms with Crippen LogP contribution in [0.4, 0.5) is 11.4 Å². The Morgan fingerprint density at radius 2 is 2.09 bits per heavy atom. The number of fused-ring (bicyclic) bond motifs is 1. The lowest BCUT2D eigenvalue weighted by Crippen LogP contribution is -2.38. The molecule has 4 rings (SSSR count). The molecule has 1 aromatic heterocycles. The van der Waals surface area contributed by atoms with Crippen LogP contribution in [0.15, 0.2) is 45.8 Å². The van der Waals surface area contributed by atoms with Crippen LogP contribution in [0.3, 0.4) is 0 Å². The van der Waals surface area contributed by atoms with Gasteiger partial charge in [0.15, 0.2) is 12.4 Å². The number of sulfonamides is 1. The zero-order valence-electron chi connectivity index (χ0n) is 17.3. The summed E-state index contributed by atoms with van der Waals surface area (Å²) in [5.74, 6) is 0.754. The third-order valence-corrected chi connectivity index (χ3v) is 6.37. The third kappa shape index (κ3) is 4.13. The van der Waals surface area contributed by atoms with E-state index in [-0.39, 0.29) is 35.4 Å². The molecule has 0 saturated carbocycles. The number of ether oxygens (including phenoxy) is 1. The largest absolute Gasteiger partial charge is 0.482 e. The van der Waals surface area contributed by atoms with Gasteiger partial charge < -0.3 is 9.26 Å². The maximum absolute atomic E-state index is 13.0. The second-order valence-corrected chi connectivity index (χ2v) is 8.76. The monoisotopic (exact) mass is 453 g/mol. The second-order valence-electron chi connectivity index (χ2n) is 7.11. The van der Waals surface area contributed by atoms with Gasteiger partial charge >= 0.3 is 0 Å². The van der Waals surface area contributed by atoms with Crippen molar-refractivity contribution in [1.29, 1.82) is 5.26 Å². The molecule has 2 aromatic carbocycles. The van der Waals surface area contributed by atoms with E-state index in [4.69, 9.17) is 14.5 Å². The van der Waals surface area contributed by atoms with Gasteiger partial charge in [0.05, 0.1) is 34.4 Å². The first-order valence-electron chi connectivity index (χ1n) is 9.73. The van der Waals surface area contributed by atoms with E-state index >= 15 is 0 Å². The summed E-state index contributed by atoms with van der Waals surface area (Å²) in [6.45, 7) is 3.33. The van der Waals surface area contributed by atoms with Crippen LogP contribution in [0, 0.1) is 18.3 Å². The van der Waals surface area contributed by atoms with Gasteiger partial charge in [0.2, 0.25) is 5.89 Å². The fraction of sp³-hybridized carbons (Fsp3) is 0.238. The minimum absolute atomic E-state index is 0.000685. The summed E-state index contributed by atoms with van der Waals surface area (Å²) in [6, 6.07) is 11.1. The molecule has 0 fully saturated rings. The smallest absolute Gasteiger partial charge is 0.265 e. The highest BCUT2D eigenvalue weighted by Gasteiger charge is 2.30. The Bertz CT molecular complexity index is 1340. The molecule has 0 saturated heterocycles. The number of anilines is 2. The van der Waals surface area contributed by atoms with Crippen molar-refractivity contribution >= 4 is 27.3 Å². The topological polar surface area (TPSA) is 138 Å². The van der Waals surface area contributed by atoms with Crippen LogP contribution < -0.4 is 14.4 Å². The third-order valence-electron chi connectivity index (χ3n) is 4.85. The number of rotatable bonds is 6. The molecule has 0 radical (unpaired) electrons. The summed E-state index contributed by atoms with van der Waals surface area (Å²) in [5, 5.41) is 12.9. The minimum atomic E-state index is -3.97. The van der Waals surface area contributed by atoms with Gasteiger partial charge in [-0.25, -0.2) is 8.42 Å². The van der Waals surface area contributed by atoms with E-state index in [0.29, 0.717) is 35.0 Å². The molecule has 0 bridgehead atoms. The van der Waals surface area contributed by atoms with Crippen molar-refractivity contribution < 1.29 is 22.5 Å². The first-order chi connectivity index (χ1) is 15.3. The van der Waals surface area contributed by atoms with E-state index in [0.717, 1.165) is 0 Å². The van der Waals surface area contributed by atoms with E-state index < -0.39 is 10.0 Å². The molecule has 11 heteroatoms. The predicted octanol–water partition coefficient (Wildman–Crippen LogP) is 2.54. The highest BCUT2D eigenvalue weighted by atomic mass is 32.2. The van der Waals surface area contributed by atoms with Gasteiger partial charge in [-0.1, -0.05) is 18.1 Å². The van der Waals surface area contributed by atoms with Gasteiger partial charge in [-0.05, 0) is 36.8 Å². The number of amides is 1. The summed E-state index contributed by atoms with van der Waals surface area (Å²) >= 11 is 0. The number of carbonyl (C=O) groups excluding carboxylic acids is 1. The van der Waals surface area contributed by atoms with Crippen LogP contribution in [-0.4, -0.2) is 31.1 Å². The lowest BCUT2D eigenvalue weighted by Gasteiger charge is -2.29. The number of aromatic nitrogens is 2. The highest BCUT2D eigenvalue weighted by molar-refractivity contribution is 7.92. The van der Waals surface area contributed by atoms with Gasteiger partial charge in [-0.3, -0.25) is 14.4 Å². The molecule has 1 aliphatic rings. The van der Waals surface area contributed by atoms with Crippen LogP contribution in [-0.2, 0) is 27.8 Å². The molecule has 1 aliphatic heterocycles. The van der Waals surface area contributed by atoms with Crippen molar-refractivity contribution in [3.05, 3.63) is 59.2 Å². The zero-order chi connectivity index (χ0) is 22.9. The van der Waals surface area contributed by atoms with Gasteiger partial charge in [0.25, 0.3) is 15.9 Å². The van der Waals surface area contributed by atoms with Crippen LogP contribution in [0.5, 0.6) is 5.75 Å². The van der Waals surface area contributed by atoms with Crippen molar-refractivity contribution in [2.45, 2.75) is 31.7 Å². The first kappa shape index (κ1) is 21.3. The van der Waals surface area contributed by atoms with Crippen LogP contribution in [0.1, 0.15) is 29.8 Å². The maximum atomic E-state index is 13.0. The average Bonchev–Trinajstić information content (AvgIpc) is 3.23. The van der Waals surface area contributed by atoms with E-state index in [2.05, 4.69) is 14.9 Å². The van der Waals surface area contributed by atoms with Crippen molar-refractivity contribution in [3.63, 3.8) is 0 Å². The predicted molar refractivity (Wildman–Crippen MR) is 114 cm³/mol. The fourth-order valence-electron chi connectivity index (χ4n) is 3.30. The standard InChI is InChI=1S/C21H19N5O5S/c1-3-20-23-19(24-31-20)11-26-16-7-13(2)18(9-17(16)30-12-21(26)27)32(28,29)25-15-6-4-5-14(8-15)10-22/h4-9,25H,3,11-12H2,1-2H3. The van der Waals surface area contributed by atoms with Crippen molar-refractivity contribution in [2.75, 3.05) is 16.2 Å². The molecule has 0 atom stereocenters. The van der Waals surface area contributed by atoms with Crippen molar-refractivity contribution in [2.24, 2.45) is 0 Å². The van der Waals surface area contributed by atoms with Gasteiger partial charge in [-0.2, -0.15) is 10.2 Å². The molecule has 0 spiro atoms. The number of hydrogen-bond acceptors (Lipinski definition) is 8. The average molecular weight is 453 g/mol. The Kier molecular flexibility index (Phi) is 5.54. The van der Waals surface area contributed by atoms with E-state index in [1.807, 2.05) is 13.0 Å². The number of nitrogens with zero attached hydrogens (tertiary/aromatic N) is 4. The number of nitriles is 1. The van der Waals surface area contributed by atoms with E-state index in [1.54, 1.807) is 31.2 Å². The molecule has 2 heterocycles. The Balaban J connectivity index is 1.67. The quantitative estimate of drug-likeness (QED) is 0.601. The lowest BCUT2D eigenvalue weighted by molar-refractivity contribution is -0.121. The van der Waals surface area contributed by atoms with Crippen LogP contribution >= 0.6 is 0 Å². The Morgan fingerprint density at radius 1 is 1.28 bits per heavy atom. The highest BCUT2D eigenvalue weighted by Crippen LogP contribution is 2.37. The second kappa shape index (κ2) is 8.32. The van der Waals surface area contributed by atoms with Crippen LogP contribution in [0.2, 0.25) is 0 Å². The molecule has 0 aliphatic carbocycles. The van der Waals surface area contributed by atoms with Crippen molar-refractivity contribution in [3.8, 4) is 11.8 Å². The SMILES string of the molecule is CCc1nc(CN2C(=O)COc3cc(S(=O)(=O)Nc4cccc(C#N)c4)c(C)cc32)no1. The van der Waals surface area contributed by atoms with Crippen molar-refractivity contribution in [1.82, 2.24) is 10.1 Å². The fourth-order valence-corrected chi connectivity index (χ4v) is 4.59. The summed E-state index contributed by atoms with van der Waals surface area (Å²) in [4.78, 5) is 18.2. The molecule has 1 N–H and O–H groups in total. The molecule has 32 heavy (non-hydrogen) atoms. The van der Waals surface area contributed by atoms with Gasteiger partial charge in [0, 0.05) is 12.5 Å². The van der Waals surface area contributed by atoms with Gasteiger partial charge in [-0.15, -0.1) is 0 Å². The molecule has 1 amide bonds. The zero-order valence-corrected chi connectivity index (χ0v) is 18.1. The van der Waals surface area contributed by atoms with E-state index in [1.165, 1.54) is 17.0 Å². The number of carbonyl (C=O) groups is 1. The summed E-state index contributed by atoms with van der Waals surface area (Å²) in [7, 11) is -3.97. The Labute approximate surface area is 184 Å². The molecule has 164 valence electrons. The first-order valence-corrected chi connectivity index (χ1v) is 11.2. The Morgan fingerprint density at radius 3 is 2.81 bits per heavy atom. The number of hydrogen-bond donors (Lipinski definition) is 1. The van der Waals surface area contributed by atoms with Gasteiger partial charge in [0.1, 0.15) is 5.75 Å². The molecular weight excluding hydrogens is 434 g/mol.